The maximum absolute atomic E-state index is 2.22. The van der Waals surface area contributed by atoms with Crippen molar-refractivity contribution in [3.63, 3.8) is 0 Å². The normalized spacial score (nSPS) is 8.97. The van der Waals surface area contributed by atoms with Crippen LogP contribution in [-0.4, -0.2) is 0 Å². The standard InChI is InChI=1S/3C12H12.2C8H10.5C2H6/c1-9-3-5-12-8-10(2)4-6-11(12)7-9;1-9-5-3-8-12-10(2)6-4-7-11(9)12;1-9-7-8-10(2)12-6-4-3-5-11(9)12;1-7-3-5-8(2)6-4-7;1-7-4-3-5-8(2)6-7;5*1-2/h3*3-8H,1-2H3;2*3-6H,1-2H3;5*1-2H3. The number of benzene rings is 8. The second-order valence-corrected chi connectivity index (χ2v) is 14.2. The van der Waals surface area contributed by atoms with Gasteiger partial charge in [-0.1, -0.05) is 260 Å². The summed E-state index contributed by atoms with van der Waals surface area (Å²) in [5, 5.41) is 8.16. The lowest BCUT2D eigenvalue weighted by molar-refractivity contribution is 1.39. The summed E-state index contributed by atoms with van der Waals surface area (Å²) in [6, 6.07) is 55.8. The van der Waals surface area contributed by atoms with Gasteiger partial charge < -0.3 is 0 Å². The van der Waals surface area contributed by atoms with Gasteiger partial charge in [0.25, 0.3) is 0 Å². The molecule has 0 spiro atoms. The Hall–Kier alpha value is -5.46. The molecule has 0 aliphatic rings. The van der Waals surface area contributed by atoms with Crippen molar-refractivity contribution in [1.29, 1.82) is 0 Å². The van der Waals surface area contributed by atoms with Gasteiger partial charge in [0.05, 0.1) is 0 Å². The van der Waals surface area contributed by atoms with E-state index in [1.54, 1.807) is 0 Å². The monoisotopic (exact) mass is 831 g/mol. The summed E-state index contributed by atoms with van der Waals surface area (Å²) >= 11 is 0. The molecule has 0 unspecified atom stereocenters. The van der Waals surface area contributed by atoms with Gasteiger partial charge in [-0.25, -0.2) is 0 Å². The van der Waals surface area contributed by atoms with Crippen molar-refractivity contribution >= 4 is 32.3 Å². The predicted octanol–water partition coefficient (Wildman–Crippen LogP) is 20.1. The fourth-order valence-corrected chi connectivity index (χ4v) is 6.15. The minimum Gasteiger partial charge on any atom is -0.0683 e. The fourth-order valence-electron chi connectivity index (χ4n) is 6.15. The Morgan fingerprint density at radius 1 is 0.194 bits per heavy atom. The molecule has 0 radical (unpaired) electrons. The second-order valence-electron chi connectivity index (χ2n) is 14.2. The third-order valence-corrected chi connectivity index (χ3v) is 9.26. The first-order valence-electron chi connectivity index (χ1n) is 23.3. The van der Waals surface area contributed by atoms with Gasteiger partial charge in [0, 0.05) is 0 Å². The first-order chi connectivity index (χ1) is 29.9. The summed E-state index contributed by atoms with van der Waals surface area (Å²) < 4.78 is 0. The van der Waals surface area contributed by atoms with E-state index in [-0.39, 0.29) is 0 Å². The summed E-state index contributed by atoms with van der Waals surface area (Å²) in [6.07, 6.45) is 0. The van der Waals surface area contributed by atoms with Crippen LogP contribution in [-0.2, 0) is 0 Å². The Kier molecular flexibility index (Phi) is 33.3. The van der Waals surface area contributed by atoms with E-state index in [4.69, 9.17) is 0 Å². The van der Waals surface area contributed by atoms with Gasteiger partial charge in [-0.3, -0.25) is 0 Å². The average Bonchev–Trinajstić information content (AvgIpc) is 3.31. The largest absolute Gasteiger partial charge is 0.0683 e. The highest BCUT2D eigenvalue weighted by molar-refractivity contribution is 5.89. The van der Waals surface area contributed by atoms with Crippen molar-refractivity contribution in [2.45, 2.75) is 138 Å². The highest BCUT2D eigenvalue weighted by Crippen LogP contribution is 2.22. The van der Waals surface area contributed by atoms with Crippen LogP contribution in [0.15, 0.2) is 158 Å². The maximum atomic E-state index is 2.22. The van der Waals surface area contributed by atoms with E-state index in [1.165, 1.54) is 88.0 Å². The van der Waals surface area contributed by atoms with Crippen LogP contribution in [0.4, 0.5) is 0 Å². The van der Waals surface area contributed by atoms with Gasteiger partial charge >= 0.3 is 0 Å². The Morgan fingerprint density at radius 3 is 0.726 bits per heavy atom. The Labute approximate surface area is 382 Å². The third kappa shape index (κ3) is 21.9. The van der Waals surface area contributed by atoms with E-state index in [0.29, 0.717) is 0 Å². The highest BCUT2D eigenvalue weighted by atomic mass is 14.0. The molecule has 0 aliphatic carbocycles. The smallest absolute Gasteiger partial charge is 0.0152 e. The van der Waals surface area contributed by atoms with Crippen molar-refractivity contribution in [2.24, 2.45) is 0 Å². The van der Waals surface area contributed by atoms with Gasteiger partial charge in [-0.2, -0.15) is 0 Å². The molecule has 0 nitrogen and oxygen atoms in total. The van der Waals surface area contributed by atoms with E-state index in [0.717, 1.165) is 0 Å². The van der Waals surface area contributed by atoms with Gasteiger partial charge in [-0.05, 0) is 124 Å². The lowest BCUT2D eigenvalue weighted by Gasteiger charge is -2.03. The molecule has 0 aliphatic heterocycles. The van der Waals surface area contributed by atoms with Gasteiger partial charge in [0.15, 0.2) is 0 Å². The molecule has 0 N–H and O–H groups in total. The second kappa shape index (κ2) is 35.2. The number of rotatable bonds is 0. The topological polar surface area (TPSA) is 0 Å². The molecule has 0 atom stereocenters. The molecule has 0 bridgehead atoms. The number of hydrogen-bond donors (Lipinski definition) is 0. The highest BCUT2D eigenvalue weighted by Gasteiger charge is 1.98. The maximum Gasteiger partial charge on any atom is -0.0152 e. The molecule has 8 rings (SSSR count). The molecule has 0 heterocycles. The summed E-state index contributed by atoms with van der Waals surface area (Å²) in [6.45, 7) is 41.3. The van der Waals surface area contributed by atoms with Crippen LogP contribution in [0.3, 0.4) is 0 Å². The number of fused-ring (bicyclic) bond motifs is 3. The van der Waals surface area contributed by atoms with Crippen LogP contribution in [0.5, 0.6) is 0 Å². The molecule has 0 amide bonds. The SMILES string of the molecule is CC.CC.CC.CC.CC.Cc1ccc(C)c2ccccc12.Cc1ccc(C)cc1.Cc1ccc2cc(C)ccc2c1.Cc1cccc(C)c1.Cc1cccc2c(C)cccc12. The van der Waals surface area contributed by atoms with Crippen LogP contribution in [0, 0.1) is 69.2 Å². The lowest BCUT2D eigenvalue weighted by Crippen LogP contribution is -1.80. The zero-order chi connectivity index (χ0) is 47.6. The van der Waals surface area contributed by atoms with E-state index in [1.807, 2.05) is 69.2 Å². The van der Waals surface area contributed by atoms with Crippen LogP contribution >= 0.6 is 0 Å². The zero-order valence-electron chi connectivity index (χ0n) is 43.0. The summed E-state index contributed by atoms with van der Waals surface area (Å²) in [7, 11) is 0. The van der Waals surface area contributed by atoms with Gasteiger partial charge in [0.2, 0.25) is 0 Å². The van der Waals surface area contributed by atoms with Gasteiger partial charge in [-0.15, -0.1) is 0 Å². The molecule has 8 aromatic rings. The van der Waals surface area contributed by atoms with Crippen molar-refractivity contribution in [2.75, 3.05) is 0 Å². The van der Waals surface area contributed by atoms with Gasteiger partial charge in [0.1, 0.15) is 0 Å². The molecule has 0 fully saturated rings. The molecule has 0 heteroatoms. The van der Waals surface area contributed by atoms with Crippen molar-refractivity contribution in [1.82, 2.24) is 0 Å². The molecule has 0 saturated carbocycles. The molecule has 0 saturated heterocycles. The van der Waals surface area contributed by atoms with Crippen molar-refractivity contribution in [3.05, 3.63) is 213 Å². The Balaban J connectivity index is 0. The molecular formula is C62H86. The fraction of sp³-hybridized carbons (Fsp3) is 0.323. The molecule has 0 aromatic heterocycles. The van der Waals surface area contributed by atoms with Crippen LogP contribution in [0.2, 0.25) is 0 Å². The minimum atomic E-state index is 1.33. The number of hydrogen-bond acceptors (Lipinski definition) is 0. The molecule has 334 valence electrons. The molecule has 8 aromatic carbocycles. The Morgan fingerprint density at radius 2 is 0.435 bits per heavy atom. The van der Waals surface area contributed by atoms with Crippen LogP contribution in [0.1, 0.15) is 125 Å². The van der Waals surface area contributed by atoms with E-state index in [2.05, 4.69) is 227 Å². The predicted molar refractivity (Wildman–Crippen MR) is 289 cm³/mol. The first kappa shape index (κ1) is 58.6. The zero-order valence-corrected chi connectivity index (χ0v) is 43.0. The quantitative estimate of drug-likeness (QED) is 0.143. The Bertz CT molecular complexity index is 2140. The summed E-state index contributed by atoms with van der Waals surface area (Å²) in [5.41, 5.74) is 13.4. The molecular weight excluding hydrogens is 745 g/mol. The third-order valence-electron chi connectivity index (χ3n) is 9.26. The lowest BCUT2D eigenvalue weighted by atomic mass is 10.0. The summed E-state index contributed by atoms with van der Waals surface area (Å²) in [5.74, 6) is 0. The van der Waals surface area contributed by atoms with Crippen molar-refractivity contribution in [3.8, 4) is 0 Å². The molecule has 62 heavy (non-hydrogen) atoms. The van der Waals surface area contributed by atoms with Crippen LogP contribution in [0.25, 0.3) is 32.3 Å². The van der Waals surface area contributed by atoms with Crippen LogP contribution < -0.4 is 0 Å². The summed E-state index contributed by atoms with van der Waals surface area (Å²) in [4.78, 5) is 0. The number of aryl methyl sites for hydroxylation is 10. The van der Waals surface area contributed by atoms with E-state index < -0.39 is 0 Å². The minimum absolute atomic E-state index is 1.33. The average molecular weight is 831 g/mol. The van der Waals surface area contributed by atoms with Crippen molar-refractivity contribution < 1.29 is 0 Å². The van der Waals surface area contributed by atoms with E-state index >= 15 is 0 Å². The first-order valence-corrected chi connectivity index (χ1v) is 23.3. The van der Waals surface area contributed by atoms with E-state index in [9.17, 15) is 0 Å².